The molecule has 1 aromatic carbocycles. The highest BCUT2D eigenvalue weighted by molar-refractivity contribution is 6.31. The molecule has 0 fully saturated rings. The SMILES string of the molecule is CC(C)NC(C)(C)c1ccc(F)cc1Cl. The Labute approximate surface area is 95.6 Å². The van der Waals surface area contributed by atoms with Crippen LogP contribution in [0, 0.1) is 5.82 Å². The van der Waals surface area contributed by atoms with Crippen molar-refractivity contribution in [2.24, 2.45) is 0 Å². The van der Waals surface area contributed by atoms with E-state index in [4.69, 9.17) is 11.6 Å². The predicted octanol–water partition coefficient (Wildman–Crippen LogP) is 3.71. The van der Waals surface area contributed by atoms with Crippen molar-refractivity contribution in [1.29, 1.82) is 0 Å². The Morgan fingerprint density at radius 2 is 1.93 bits per heavy atom. The second-order valence-corrected chi connectivity index (χ2v) is 4.96. The van der Waals surface area contributed by atoms with Crippen LogP contribution in [0.3, 0.4) is 0 Å². The third-order valence-corrected chi connectivity index (χ3v) is 2.57. The highest BCUT2D eigenvalue weighted by atomic mass is 35.5. The van der Waals surface area contributed by atoms with Gasteiger partial charge in [0, 0.05) is 16.6 Å². The van der Waals surface area contributed by atoms with E-state index in [-0.39, 0.29) is 11.4 Å². The summed E-state index contributed by atoms with van der Waals surface area (Å²) in [4.78, 5) is 0. The second kappa shape index (κ2) is 4.50. The fraction of sp³-hybridized carbons (Fsp3) is 0.500. The lowest BCUT2D eigenvalue weighted by atomic mass is 9.93. The van der Waals surface area contributed by atoms with Crippen molar-refractivity contribution in [2.75, 3.05) is 0 Å². The van der Waals surface area contributed by atoms with Crippen LogP contribution in [0.5, 0.6) is 0 Å². The van der Waals surface area contributed by atoms with Crippen LogP contribution < -0.4 is 5.32 Å². The molecule has 1 rings (SSSR count). The van der Waals surface area contributed by atoms with Gasteiger partial charge in [0.1, 0.15) is 5.82 Å². The molecule has 84 valence electrons. The number of benzene rings is 1. The van der Waals surface area contributed by atoms with Crippen molar-refractivity contribution in [2.45, 2.75) is 39.3 Å². The average Bonchev–Trinajstić information content (AvgIpc) is 1.99. The molecule has 1 aromatic rings. The highest BCUT2D eigenvalue weighted by Crippen LogP contribution is 2.28. The van der Waals surface area contributed by atoms with Crippen LogP contribution in [0.15, 0.2) is 18.2 Å². The van der Waals surface area contributed by atoms with E-state index in [1.165, 1.54) is 12.1 Å². The maximum atomic E-state index is 12.9. The summed E-state index contributed by atoms with van der Waals surface area (Å²) < 4.78 is 12.9. The van der Waals surface area contributed by atoms with Gasteiger partial charge in [-0.05, 0) is 31.5 Å². The van der Waals surface area contributed by atoms with Crippen molar-refractivity contribution < 1.29 is 4.39 Å². The molecule has 1 N–H and O–H groups in total. The lowest BCUT2D eigenvalue weighted by Gasteiger charge is -2.30. The molecule has 15 heavy (non-hydrogen) atoms. The summed E-state index contributed by atoms with van der Waals surface area (Å²) in [7, 11) is 0. The molecule has 0 saturated carbocycles. The molecule has 0 radical (unpaired) electrons. The molecule has 0 amide bonds. The Bertz CT molecular complexity index is 347. The van der Waals surface area contributed by atoms with Crippen LogP contribution in [-0.4, -0.2) is 6.04 Å². The smallest absolute Gasteiger partial charge is 0.124 e. The maximum Gasteiger partial charge on any atom is 0.124 e. The third kappa shape index (κ3) is 3.18. The van der Waals surface area contributed by atoms with E-state index >= 15 is 0 Å². The Balaban J connectivity index is 3.04. The highest BCUT2D eigenvalue weighted by Gasteiger charge is 2.23. The van der Waals surface area contributed by atoms with Gasteiger partial charge in [0.15, 0.2) is 0 Å². The van der Waals surface area contributed by atoms with E-state index in [0.717, 1.165) is 5.56 Å². The standard InChI is InChI=1S/C12H17ClFN/c1-8(2)15-12(3,4)10-6-5-9(14)7-11(10)13/h5-8,15H,1-4H3. The Kier molecular flexibility index (Phi) is 3.74. The van der Waals surface area contributed by atoms with Crippen molar-refractivity contribution in [3.05, 3.63) is 34.6 Å². The van der Waals surface area contributed by atoms with Crippen molar-refractivity contribution in [3.8, 4) is 0 Å². The van der Waals surface area contributed by atoms with Crippen LogP contribution >= 0.6 is 11.6 Å². The van der Waals surface area contributed by atoms with E-state index in [1.54, 1.807) is 6.07 Å². The molecule has 0 unspecified atom stereocenters. The summed E-state index contributed by atoms with van der Waals surface area (Å²) in [5.74, 6) is -0.302. The van der Waals surface area contributed by atoms with Gasteiger partial charge < -0.3 is 5.32 Å². The van der Waals surface area contributed by atoms with Crippen molar-refractivity contribution in [3.63, 3.8) is 0 Å². The van der Waals surface area contributed by atoms with E-state index in [0.29, 0.717) is 11.1 Å². The molecule has 3 heteroatoms. The first-order chi connectivity index (χ1) is 6.83. The van der Waals surface area contributed by atoms with Gasteiger partial charge in [-0.3, -0.25) is 0 Å². The molecular formula is C12H17ClFN. The van der Waals surface area contributed by atoms with Gasteiger partial charge in [0.2, 0.25) is 0 Å². The minimum atomic E-state index is -0.302. The number of rotatable bonds is 3. The molecule has 0 aliphatic carbocycles. The zero-order chi connectivity index (χ0) is 11.6. The largest absolute Gasteiger partial charge is 0.306 e. The van der Waals surface area contributed by atoms with Crippen LogP contribution in [-0.2, 0) is 5.54 Å². The fourth-order valence-corrected chi connectivity index (χ4v) is 2.20. The van der Waals surface area contributed by atoms with Gasteiger partial charge in [-0.1, -0.05) is 31.5 Å². The minimum absolute atomic E-state index is 0.251. The number of halogens is 2. The summed E-state index contributed by atoms with van der Waals surface area (Å²) in [5, 5.41) is 3.85. The molecule has 0 atom stereocenters. The zero-order valence-corrected chi connectivity index (χ0v) is 10.3. The molecule has 0 saturated heterocycles. The molecule has 0 heterocycles. The first-order valence-corrected chi connectivity index (χ1v) is 5.44. The number of hydrogen-bond acceptors (Lipinski definition) is 1. The van der Waals surface area contributed by atoms with Gasteiger partial charge in [-0.15, -0.1) is 0 Å². The van der Waals surface area contributed by atoms with Crippen LogP contribution in [0.25, 0.3) is 0 Å². The quantitative estimate of drug-likeness (QED) is 0.833. The summed E-state index contributed by atoms with van der Waals surface area (Å²) in [6, 6.07) is 4.86. The Morgan fingerprint density at radius 3 is 2.40 bits per heavy atom. The molecule has 0 aliphatic heterocycles. The molecular weight excluding hydrogens is 213 g/mol. The minimum Gasteiger partial charge on any atom is -0.306 e. The first kappa shape index (κ1) is 12.5. The zero-order valence-electron chi connectivity index (χ0n) is 9.57. The van der Waals surface area contributed by atoms with Gasteiger partial charge in [-0.25, -0.2) is 4.39 Å². The lowest BCUT2D eigenvalue weighted by molar-refractivity contribution is 0.365. The molecule has 0 aromatic heterocycles. The van der Waals surface area contributed by atoms with Gasteiger partial charge in [-0.2, -0.15) is 0 Å². The monoisotopic (exact) mass is 229 g/mol. The topological polar surface area (TPSA) is 12.0 Å². The second-order valence-electron chi connectivity index (χ2n) is 4.55. The van der Waals surface area contributed by atoms with Crippen LogP contribution in [0.4, 0.5) is 4.39 Å². The number of hydrogen-bond donors (Lipinski definition) is 1. The van der Waals surface area contributed by atoms with Gasteiger partial charge in [0.05, 0.1) is 0 Å². The summed E-state index contributed by atoms with van der Waals surface area (Å²) in [6.45, 7) is 8.20. The van der Waals surface area contributed by atoms with E-state index in [1.807, 2.05) is 13.8 Å². The van der Waals surface area contributed by atoms with Crippen LogP contribution in [0.2, 0.25) is 5.02 Å². The van der Waals surface area contributed by atoms with E-state index in [2.05, 4.69) is 19.2 Å². The van der Waals surface area contributed by atoms with Gasteiger partial charge in [0.25, 0.3) is 0 Å². The molecule has 0 aliphatic rings. The number of nitrogens with one attached hydrogen (secondary N) is 1. The third-order valence-electron chi connectivity index (χ3n) is 2.25. The van der Waals surface area contributed by atoms with E-state index < -0.39 is 0 Å². The lowest BCUT2D eigenvalue weighted by Crippen LogP contribution is -2.41. The van der Waals surface area contributed by atoms with E-state index in [9.17, 15) is 4.39 Å². The summed E-state index contributed by atoms with van der Waals surface area (Å²) in [5.41, 5.74) is 0.665. The molecule has 0 spiro atoms. The van der Waals surface area contributed by atoms with Crippen molar-refractivity contribution in [1.82, 2.24) is 5.32 Å². The maximum absolute atomic E-state index is 12.9. The first-order valence-electron chi connectivity index (χ1n) is 5.06. The molecule has 0 bridgehead atoms. The molecule has 1 nitrogen and oxygen atoms in total. The fourth-order valence-electron chi connectivity index (χ4n) is 1.80. The predicted molar refractivity (Wildman–Crippen MR) is 62.7 cm³/mol. The summed E-state index contributed by atoms with van der Waals surface area (Å²) >= 11 is 6.02. The van der Waals surface area contributed by atoms with Crippen molar-refractivity contribution >= 4 is 11.6 Å². The van der Waals surface area contributed by atoms with Crippen LogP contribution in [0.1, 0.15) is 33.3 Å². The normalized spacial score (nSPS) is 12.2. The van der Waals surface area contributed by atoms with Gasteiger partial charge >= 0.3 is 0 Å². The average molecular weight is 230 g/mol. The Morgan fingerprint density at radius 1 is 1.33 bits per heavy atom. The Hall–Kier alpha value is -0.600. The summed E-state index contributed by atoms with van der Waals surface area (Å²) in [6.07, 6.45) is 0.